The third-order valence-corrected chi connectivity index (χ3v) is 2.79. The van der Waals surface area contributed by atoms with Gasteiger partial charge in [0.15, 0.2) is 0 Å². The molecule has 90 valence electrons. The van der Waals surface area contributed by atoms with Crippen LogP contribution in [-0.2, 0) is 0 Å². The highest BCUT2D eigenvalue weighted by atomic mass is 16.3. The SMILES string of the molecule is C=C(O)C(CC(C)C)CC(C)CC(C)C. The lowest BCUT2D eigenvalue weighted by atomic mass is 9.84. The normalized spacial score (nSPS) is 15.7. The van der Waals surface area contributed by atoms with Gasteiger partial charge in [0.05, 0.1) is 5.76 Å². The maximum atomic E-state index is 9.55. The zero-order valence-electron chi connectivity index (χ0n) is 11.1. The van der Waals surface area contributed by atoms with E-state index >= 15 is 0 Å². The van der Waals surface area contributed by atoms with Crippen LogP contribution in [-0.4, -0.2) is 5.11 Å². The van der Waals surface area contributed by atoms with Crippen molar-refractivity contribution in [1.82, 2.24) is 0 Å². The second-order valence-corrected chi connectivity index (χ2v) is 5.79. The fourth-order valence-electron chi connectivity index (χ4n) is 2.32. The van der Waals surface area contributed by atoms with Gasteiger partial charge >= 0.3 is 0 Å². The van der Waals surface area contributed by atoms with E-state index in [0.717, 1.165) is 18.8 Å². The van der Waals surface area contributed by atoms with Crippen LogP contribution in [0.25, 0.3) is 0 Å². The quantitative estimate of drug-likeness (QED) is 0.601. The molecule has 0 saturated carbocycles. The molecule has 2 unspecified atom stereocenters. The van der Waals surface area contributed by atoms with Crippen molar-refractivity contribution in [2.45, 2.75) is 53.9 Å². The number of aliphatic hydroxyl groups excluding tert-OH is 1. The molecule has 15 heavy (non-hydrogen) atoms. The Balaban J connectivity index is 4.10. The van der Waals surface area contributed by atoms with E-state index in [1.807, 2.05) is 0 Å². The maximum absolute atomic E-state index is 9.55. The molecule has 0 aromatic rings. The van der Waals surface area contributed by atoms with Crippen LogP contribution in [0.15, 0.2) is 12.3 Å². The molecule has 1 N–H and O–H groups in total. The number of hydrogen-bond acceptors (Lipinski definition) is 1. The molecule has 0 bridgehead atoms. The van der Waals surface area contributed by atoms with Crippen LogP contribution in [0.5, 0.6) is 0 Å². The van der Waals surface area contributed by atoms with Crippen molar-refractivity contribution in [1.29, 1.82) is 0 Å². The molecule has 0 aliphatic rings. The minimum atomic E-state index is 0.291. The van der Waals surface area contributed by atoms with E-state index < -0.39 is 0 Å². The fourth-order valence-corrected chi connectivity index (χ4v) is 2.32. The zero-order chi connectivity index (χ0) is 12.0. The van der Waals surface area contributed by atoms with Crippen molar-refractivity contribution in [3.05, 3.63) is 12.3 Å². The first-order chi connectivity index (χ1) is 6.82. The highest BCUT2D eigenvalue weighted by Gasteiger charge is 2.17. The van der Waals surface area contributed by atoms with E-state index in [2.05, 4.69) is 41.2 Å². The highest BCUT2D eigenvalue weighted by molar-refractivity contribution is 4.89. The van der Waals surface area contributed by atoms with Crippen LogP contribution in [0.3, 0.4) is 0 Å². The first-order valence-electron chi connectivity index (χ1n) is 6.20. The second-order valence-electron chi connectivity index (χ2n) is 5.79. The van der Waals surface area contributed by atoms with Gasteiger partial charge in [-0.05, 0) is 37.0 Å². The van der Waals surface area contributed by atoms with Gasteiger partial charge in [0.25, 0.3) is 0 Å². The Morgan fingerprint density at radius 1 is 0.933 bits per heavy atom. The van der Waals surface area contributed by atoms with Crippen molar-refractivity contribution in [3.63, 3.8) is 0 Å². The van der Waals surface area contributed by atoms with Gasteiger partial charge in [-0.15, -0.1) is 0 Å². The Bertz CT molecular complexity index is 182. The van der Waals surface area contributed by atoms with Crippen LogP contribution in [0.2, 0.25) is 0 Å². The molecule has 0 heterocycles. The smallest absolute Gasteiger partial charge is 0.0882 e. The molecule has 0 spiro atoms. The van der Waals surface area contributed by atoms with E-state index in [1.165, 1.54) is 6.42 Å². The van der Waals surface area contributed by atoms with E-state index in [0.29, 0.717) is 23.5 Å². The van der Waals surface area contributed by atoms with Crippen LogP contribution in [0.1, 0.15) is 53.9 Å². The molecular weight excluding hydrogens is 184 g/mol. The van der Waals surface area contributed by atoms with E-state index in [4.69, 9.17) is 0 Å². The van der Waals surface area contributed by atoms with Crippen LogP contribution in [0, 0.1) is 23.7 Å². The molecule has 0 aliphatic carbocycles. The van der Waals surface area contributed by atoms with Gasteiger partial charge in [0.2, 0.25) is 0 Å². The molecule has 0 rings (SSSR count). The number of hydrogen-bond donors (Lipinski definition) is 1. The molecular formula is C14H28O. The summed E-state index contributed by atoms with van der Waals surface area (Å²) >= 11 is 0. The van der Waals surface area contributed by atoms with Gasteiger partial charge in [-0.25, -0.2) is 0 Å². The van der Waals surface area contributed by atoms with Gasteiger partial charge in [-0.1, -0.05) is 41.2 Å². The standard InChI is InChI=1S/C14H28O/c1-10(2)7-12(5)9-14(13(6)15)8-11(3)4/h10-12,14-15H,6-9H2,1-5H3. The molecule has 2 atom stereocenters. The number of rotatable bonds is 7. The van der Waals surface area contributed by atoms with Gasteiger partial charge in [-0.2, -0.15) is 0 Å². The third-order valence-electron chi connectivity index (χ3n) is 2.79. The topological polar surface area (TPSA) is 20.2 Å². The predicted octanol–water partition coefficient (Wildman–Crippen LogP) is 4.79. The average Bonchev–Trinajstić information content (AvgIpc) is 1.99. The average molecular weight is 212 g/mol. The molecule has 0 aromatic carbocycles. The summed E-state index contributed by atoms with van der Waals surface area (Å²) in [7, 11) is 0. The fraction of sp³-hybridized carbons (Fsp3) is 0.857. The lowest BCUT2D eigenvalue weighted by Crippen LogP contribution is -2.12. The summed E-state index contributed by atoms with van der Waals surface area (Å²) in [4.78, 5) is 0. The van der Waals surface area contributed by atoms with Crippen molar-refractivity contribution in [3.8, 4) is 0 Å². The lowest BCUT2D eigenvalue weighted by Gasteiger charge is -2.22. The molecule has 0 aromatic heterocycles. The predicted molar refractivity (Wildman–Crippen MR) is 67.9 cm³/mol. The van der Waals surface area contributed by atoms with Crippen LogP contribution < -0.4 is 0 Å². The van der Waals surface area contributed by atoms with Crippen molar-refractivity contribution in [2.75, 3.05) is 0 Å². The lowest BCUT2D eigenvalue weighted by molar-refractivity contribution is 0.253. The zero-order valence-corrected chi connectivity index (χ0v) is 11.1. The summed E-state index contributed by atoms with van der Waals surface area (Å²) in [6.07, 6.45) is 3.37. The molecule has 1 heteroatoms. The summed E-state index contributed by atoms with van der Waals surface area (Å²) in [5, 5.41) is 9.55. The summed E-state index contributed by atoms with van der Waals surface area (Å²) in [6.45, 7) is 14.9. The summed E-state index contributed by atoms with van der Waals surface area (Å²) in [6, 6.07) is 0. The van der Waals surface area contributed by atoms with Crippen molar-refractivity contribution in [2.24, 2.45) is 23.7 Å². The molecule has 0 fully saturated rings. The van der Waals surface area contributed by atoms with E-state index in [1.54, 1.807) is 0 Å². The molecule has 0 amide bonds. The molecule has 1 nitrogen and oxygen atoms in total. The number of allylic oxidation sites excluding steroid dienone is 1. The van der Waals surface area contributed by atoms with Gasteiger partial charge in [-0.3, -0.25) is 0 Å². The minimum Gasteiger partial charge on any atom is -0.513 e. The van der Waals surface area contributed by atoms with Crippen molar-refractivity contribution >= 4 is 0 Å². The Morgan fingerprint density at radius 3 is 1.73 bits per heavy atom. The van der Waals surface area contributed by atoms with Gasteiger partial charge in [0.1, 0.15) is 0 Å². The second kappa shape index (κ2) is 6.92. The summed E-state index contributed by atoms with van der Waals surface area (Å²) in [5.41, 5.74) is 0. The first-order valence-corrected chi connectivity index (χ1v) is 6.20. The summed E-state index contributed by atoms with van der Waals surface area (Å²) in [5.74, 6) is 2.72. The Labute approximate surface area is 95.6 Å². The van der Waals surface area contributed by atoms with Crippen LogP contribution >= 0.6 is 0 Å². The molecule has 0 aliphatic heterocycles. The monoisotopic (exact) mass is 212 g/mol. The van der Waals surface area contributed by atoms with Crippen molar-refractivity contribution < 1.29 is 5.11 Å². The Hall–Kier alpha value is -0.460. The third kappa shape index (κ3) is 7.47. The highest BCUT2D eigenvalue weighted by Crippen LogP contribution is 2.27. The van der Waals surface area contributed by atoms with Gasteiger partial charge < -0.3 is 5.11 Å². The molecule has 0 saturated heterocycles. The largest absolute Gasteiger partial charge is 0.513 e. The Kier molecular flexibility index (Phi) is 6.71. The minimum absolute atomic E-state index is 0.291. The summed E-state index contributed by atoms with van der Waals surface area (Å²) < 4.78 is 0. The maximum Gasteiger partial charge on any atom is 0.0882 e. The van der Waals surface area contributed by atoms with Crippen LogP contribution in [0.4, 0.5) is 0 Å². The van der Waals surface area contributed by atoms with E-state index in [9.17, 15) is 5.11 Å². The number of aliphatic hydroxyl groups is 1. The Morgan fingerprint density at radius 2 is 1.40 bits per heavy atom. The molecule has 0 radical (unpaired) electrons. The first kappa shape index (κ1) is 14.5. The van der Waals surface area contributed by atoms with E-state index in [-0.39, 0.29) is 0 Å². The van der Waals surface area contributed by atoms with Gasteiger partial charge in [0, 0.05) is 5.92 Å².